The predicted molar refractivity (Wildman–Crippen MR) is 130 cm³/mol. The van der Waals surface area contributed by atoms with Gasteiger partial charge in [0.05, 0.1) is 18.3 Å². The van der Waals surface area contributed by atoms with Gasteiger partial charge in [0, 0.05) is 56.1 Å². The number of aromatic nitrogens is 1. The van der Waals surface area contributed by atoms with Gasteiger partial charge < -0.3 is 14.5 Å². The molecule has 176 valence electrons. The molecule has 2 fully saturated rings. The molecule has 2 saturated heterocycles. The second kappa shape index (κ2) is 9.80. The third kappa shape index (κ3) is 5.27. The number of nitrogens with zero attached hydrogens (tertiary/aromatic N) is 3. The van der Waals surface area contributed by atoms with Crippen molar-refractivity contribution in [2.45, 2.75) is 39.0 Å². The Morgan fingerprint density at radius 3 is 2.47 bits per heavy atom. The molecule has 1 aromatic carbocycles. The van der Waals surface area contributed by atoms with Crippen LogP contribution in [0.25, 0.3) is 10.9 Å². The number of anilines is 2. The van der Waals surface area contributed by atoms with Gasteiger partial charge in [0.2, 0.25) is 0 Å². The highest BCUT2D eigenvalue weighted by Crippen LogP contribution is 2.38. The van der Waals surface area contributed by atoms with Gasteiger partial charge in [0.25, 0.3) is 10.2 Å². The second-order valence-corrected chi connectivity index (χ2v) is 10.5. The van der Waals surface area contributed by atoms with Crippen molar-refractivity contribution in [1.29, 1.82) is 0 Å². The lowest BCUT2D eigenvalue weighted by Gasteiger charge is -2.37. The normalized spacial score (nSPS) is 19.3. The first-order valence-corrected chi connectivity index (χ1v) is 13.1. The van der Waals surface area contributed by atoms with Crippen LogP contribution >= 0.6 is 0 Å². The highest BCUT2D eigenvalue weighted by molar-refractivity contribution is 7.87. The largest absolute Gasteiger partial charge is 0.495 e. The summed E-state index contributed by atoms with van der Waals surface area (Å²) in [6.45, 7) is 6.49. The molecule has 0 aliphatic carbocycles. The van der Waals surface area contributed by atoms with Crippen LogP contribution in [0, 0.1) is 11.8 Å². The lowest BCUT2D eigenvalue weighted by molar-refractivity contribution is 0.293. The van der Waals surface area contributed by atoms with E-state index in [2.05, 4.69) is 44.6 Å². The Morgan fingerprint density at radius 2 is 1.81 bits per heavy atom. The minimum Gasteiger partial charge on any atom is -0.495 e. The highest BCUT2D eigenvalue weighted by atomic mass is 32.2. The van der Waals surface area contributed by atoms with Crippen molar-refractivity contribution in [3.63, 3.8) is 0 Å². The third-order valence-corrected chi connectivity index (χ3v) is 7.58. The van der Waals surface area contributed by atoms with Gasteiger partial charge in [-0.1, -0.05) is 6.92 Å². The van der Waals surface area contributed by atoms with Crippen molar-refractivity contribution in [3.8, 4) is 5.75 Å². The van der Waals surface area contributed by atoms with Crippen LogP contribution in [-0.4, -0.2) is 53.2 Å². The molecule has 0 amide bonds. The van der Waals surface area contributed by atoms with Gasteiger partial charge in [0.15, 0.2) is 0 Å². The van der Waals surface area contributed by atoms with Gasteiger partial charge in [-0.15, -0.1) is 0 Å². The first-order valence-electron chi connectivity index (χ1n) is 11.6. The summed E-state index contributed by atoms with van der Waals surface area (Å²) in [5.74, 6) is 1.61. The van der Waals surface area contributed by atoms with Gasteiger partial charge >= 0.3 is 0 Å². The summed E-state index contributed by atoms with van der Waals surface area (Å²) in [7, 11) is -1.91. The highest BCUT2D eigenvalue weighted by Gasteiger charge is 2.26. The van der Waals surface area contributed by atoms with Gasteiger partial charge in [-0.25, -0.2) is 9.86 Å². The van der Waals surface area contributed by atoms with Crippen LogP contribution < -0.4 is 24.4 Å². The second-order valence-electron chi connectivity index (χ2n) is 9.11. The maximum Gasteiger partial charge on any atom is 0.274 e. The Bertz CT molecular complexity index is 1030. The number of hydrogen-bond donors (Lipinski definition) is 2. The molecule has 32 heavy (non-hydrogen) atoms. The first-order chi connectivity index (χ1) is 15.4. The monoisotopic (exact) mass is 461 g/mol. The molecule has 2 aromatic rings. The van der Waals surface area contributed by atoms with Crippen molar-refractivity contribution in [2.24, 2.45) is 17.0 Å². The van der Waals surface area contributed by atoms with Crippen LogP contribution in [0.3, 0.4) is 0 Å². The summed E-state index contributed by atoms with van der Waals surface area (Å²) >= 11 is 0. The lowest BCUT2D eigenvalue weighted by Crippen LogP contribution is -2.40. The maximum atomic E-state index is 11.2. The quantitative estimate of drug-likeness (QED) is 0.658. The Labute approximate surface area is 191 Å². The zero-order valence-electron chi connectivity index (χ0n) is 19.1. The number of pyridine rings is 1. The molecule has 0 spiro atoms. The number of nitrogens with two attached hydrogens (primary N) is 1. The van der Waals surface area contributed by atoms with E-state index in [4.69, 9.17) is 9.88 Å². The van der Waals surface area contributed by atoms with Crippen molar-refractivity contribution in [1.82, 2.24) is 9.71 Å². The number of fused-ring (bicyclic) bond motifs is 1. The molecule has 3 N–H and O–H groups in total. The molecule has 9 heteroatoms. The van der Waals surface area contributed by atoms with Crippen molar-refractivity contribution in [3.05, 3.63) is 24.4 Å². The van der Waals surface area contributed by atoms with Crippen LogP contribution in [0.15, 0.2) is 24.4 Å². The fraction of sp³-hybridized carbons (Fsp3) is 0.609. The van der Waals surface area contributed by atoms with Gasteiger partial charge in [0.1, 0.15) is 5.75 Å². The zero-order valence-corrected chi connectivity index (χ0v) is 19.9. The maximum absolute atomic E-state index is 11.2. The van der Waals surface area contributed by atoms with Crippen LogP contribution in [-0.2, 0) is 10.2 Å². The average Bonchev–Trinajstić information content (AvgIpc) is 2.81. The van der Waals surface area contributed by atoms with E-state index in [1.807, 2.05) is 6.20 Å². The Balaban J connectivity index is 1.53. The molecule has 0 radical (unpaired) electrons. The van der Waals surface area contributed by atoms with E-state index in [0.717, 1.165) is 61.4 Å². The number of hydrogen-bond acceptors (Lipinski definition) is 6. The van der Waals surface area contributed by atoms with Crippen LogP contribution in [0.5, 0.6) is 5.75 Å². The van der Waals surface area contributed by atoms with Gasteiger partial charge in [-0.05, 0) is 56.1 Å². The van der Waals surface area contributed by atoms with E-state index in [-0.39, 0.29) is 5.92 Å². The number of methoxy groups -OCH3 is 1. The number of piperidine rings is 2. The molecule has 1 unspecified atom stereocenters. The SMILES string of the molecule is COc1cc2nccc(N3CCC(C(C)CNS(N)(=O)=O)CC3)c2cc1N1CCCCC1. The van der Waals surface area contributed by atoms with Crippen LogP contribution in [0.4, 0.5) is 11.4 Å². The standard InChI is InChI=1S/C23H35N5O3S/c1-17(16-26-32(24,29)30)18-7-12-28(13-8-18)21-6-9-25-20-15-23(31-2)22(14-19(20)21)27-10-4-3-5-11-27/h6,9,14-15,17-18,26H,3-5,7-8,10-13,16H2,1-2H3,(H2,24,29,30). The Hall–Kier alpha value is -2.10. The summed E-state index contributed by atoms with van der Waals surface area (Å²) < 4.78 is 30.6. The lowest BCUT2D eigenvalue weighted by atomic mass is 9.85. The average molecular weight is 462 g/mol. The van der Waals surface area contributed by atoms with Crippen molar-refractivity contribution in [2.75, 3.05) is 49.6 Å². The molecular weight excluding hydrogens is 426 g/mol. The van der Waals surface area contributed by atoms with E-state index < -0.39 is 10.2 Å². The summed E-state index contributed by atoms with van der Waals surface area (Å²) in [4.78, 5) is 9.49. The minimum absolute atomic E-state index is 0.250. The summed E-state index contributed by atoms with van der Waals surface area (Å²) in [5, 5.41) is 6.25. The zero-order chi connectivity index (χ0) is 22.7. The molecule has 8 nitrogen and oxygen atoms in total. The van der Waals surface area contributed by atoms with E-state index >= 15 is 0 Å². The van der Waals surface area contributed by atoms with E-state index in [0.29, 0.717) is 12.5 Å². The molecule has 2 aliphatic heterocycles. The Kier molecular flexibility index (Phi) is 7.07. The topological polar surface area (TPSA) is 101 Å². The van der Waals surface area contributed by atoms with E-state index in [1.54, 1.807) is 7.11 Å². The van der Waals surface area contributed by atoms with E-state index in [9.17, 15) is 8.42 Å². The molecule has 2 aliphatic rings. The van der Waals surface area contributed by atoms with Crippen molar-refractivity contribution >= 4 is 32.5 Å². The number of ether oxygens (including phenoxy) is 1. The fourth-order valence-corrected chi connectivity index (χ4v) is 5.59. The van der Waals surface area contributed by atoms with Crippen molar-refractivity contribution < 1.29 is 13.2 Å². The van der Waals surface area contributed by atoms with Crippen LogP contribution in [0.1, 0.15) is 39.0 Å². The van der Waals surface area contributed by atoms with E-state index in [1.165, 1.54) is 24.9 Å². The smallest absolute Gasteiger partial charge is 0.274 e. The molecule has 3 heterocycles. The minimum atomic E-state index is -3.64. The predicted octanol–water partition coefficient (Wildman–Crippen LogP) is 2.88. The molecule has 1 atom stereocenters. The van der Waals surface area contributed by atoms with Gasteiger partial charge in [-0.2, -0.15) is 8.42 Å². The molecule has 0 bridgehead atoms. The molecule has 0 saturated carbocycles. The summed E-state index contributed by atoms with van der Waals surface area (Å²) in [6, 6.07) is 6.43. The molecule has 4 rings (SSSR count). The molecule has 1 aromatic heterocycles. The first kappa shape index (κ1) is 23.1. The van der Waals surface area contributed by atoms with Gasteiger partial charge in [-0.3, -0.25) is 4.98 Å². The molecular formula is C23H35N5O3S. The Morgan fingerprint density at radius 1 is 1.12 bits per heavy atom. The van der Waals surface area contributed by atoms with Crippen LogP contribution in [0.2, 0.25) is 0 Å². The number of benzene rings is 1. The number of rotatable bonds is 7. The number of nitrogens with one attached hydrogen (secondary N) is 1. The summed E-state index contributed by atoms with van der Waals surface area (Å²) in [5.41, 5.74) is 3.32. The third-order valence-electron chi connectivity index (χ3n) is 7.01. The fourth-order valence-electron chi connectivity index (χ4n) is 5.09. The summed E-state index contributed by atoms with van der Waals surface area (Å²) in [6.07, 6.45) is 7.64.